The first-order valence-corrected chi connectivity index (χ1v) is 10.1. The van der Waals surface area contributed by atoms with Gasteiger partial charge in [-0.25, -0.2) is 0 Å². The Bertz CT molecular complexity index is 974. The molecular formula is C22H21N3O2S. The van der Waals surface area contributed by atoms with E-state index in [2.05, 4.69) is 46.7 Å². The molecule has 1 amide bonds. The number of hydrogen-bond acceptors (Lipinski definition) is 5. The molecule has 2 aromatic carbocycles. The predicted octanol–water partition coefficient (Wildman–Crippen LogP) is 4.95. The molecule has 1 saturated carbocycles. The van der Waals surface area contributed by atoms with Crippen LogP contribution in [0.5, 0.6) is 5.75 Å². The minimum atomic E-state index is -0.210. The smallest absolute Gasteiger partial charge is 0.250 e. The van der Waals surface area contributed by atoms with E-state index < -0.39 is 0 Å². The maximum atomic E-state index is 12.0. The van der Waals surface area contributed by atoms with Crippen LogP contribution >= 0.6 is 11.3 Å². The van der Waals surface area contributed by atoms with Gasteiger partial charge in [0.25, 0.3) is 0 Å². The van der Waals surface area contributed by atoms with Crippen LogP contribution in [0.15, 0.2) is 54.6 Å². The molecule has 0 atom stereocenters. The van der Waals surface area contributed by atoms with Crippen LogP contribution in [-0.4, -0.2) is 16.1 Å². The number of carbonyl (C=O) groups excluding carboxylic acids is 1. The minimum Gasteiger partial charge on any atom is -0.489 e. The third-order valence-electron chi connectivity index (χ3n) is 4.43. The zero-order valence-corrected chi connectivity index (χ0v) is 16.4. The lowest BCUT2D eigenvalue weighted by Gasteiger charge is -2.07. The lowest BCUT2D eigenvalue weighted by molar-refractivity contribution is -0.111. The summed E-state index contributed by atoms with van der Waals surface area (Å²) >= 11 is 1.46. The van der Waals surface area contributed by atoms with Crippen molar-refractivity contribution in [2.24, 2.45) is 0 Å². The van der Waals surface area contributed by atoms with E-state index in [4.69, 9.17) is 4.74 Å². The van der Waals surface area contributed by atoms with E-state index in [1.165, 1.54) is 35.8 Å². The van der Waals surface area contributed by atoms with Gasteiger partial charge >= 0.3 is 0 Å². The van der Waals surface area contributed by atoms with Crippen LogP contribution in [0.1, 0.15) is 40.5 Å². The number of amides is 1. The van der Waals surface area contributed by atoms with Crippen molar-refractivity contribution in [3.63, 3.8) is 0 Å². The summed E-state index contributed by atoms with van der Waals surface area (Å²) in [5.41, 5.74) is 3.29. The van der Waals surface area contributed by atoms with Gasteiger partial charge < -0.3 is 4.74 Å². The van der Waals surface area contributed by atoms with Gasteiger partial charge in [0.05, 0.1) is 0 Å². The van der Waals surface area contributed by atoms with Crippen molar-refractivity contribution < 1.29 is 9.53 Å². The van der Waals surface area contributed by atoms with Crippen molar-refractivity contribution >= 4 is 28.5 Å². The zero-order valence-electron chi connectivity index (χ0n) is 15.6. The molecule has 0 saturated heterocycles. The predicted molar refractivity (Wildman–Crippen MR) is 112 cm³/mol. The number of benzene rings is 2. The molecule has 142 valence electrons. The SMILES string of the molecule is Cc1ccc(COc2ccc(/C=C/C(=O)Nc3nnc(C4CC4)s3)cc2)cc1. The fraction of sp³-hybridized carbons (Fsp3) is 0.227. The molecule has 28 heavy (non-hydrogen) atoms. The van der Waals surface area contributed by atoms with Crippen molar-refractivity contribution in [3.8, 4) is 5.75 Å². The van der Waals surface area contributed by atoms with E-state index in [0.29, 0.717) is 17.7 Å². The normalized spacial score (nSPS) is 13.6. The van der Waals surface area contributed by atoms with Gasteiger partial charge in [0, 0.05) is 12.0 Å². The molecule has 1 aliphatic carbocycles. The third-order valence-corrected chi connectivity index (χ3v) is 5.43. The largest absolute Gasteiger partial charge is 0.489 e. The fourth-order valence-corrected chi connectivity index (χ4v) is 3.54. The molecule has 0 spiro atoms. The second-order valence-corrected chi connectivity index (χ2v) is 7.89. The van der Waals surface area contributed by atoms with Gasteiger partial charge in [0.1, 0.15) is 17.4 Å². The quantitative estimate of drug-likeness (QED) is 0.579. The number of nitrogens with one attached hydrogen (secondary N) is 1. The van der Waals surface area contributed by atoms with E-state index >= 15 is 0 Å². The van der Waals surface area contributed by atoms with Crippen molar-refractivity contribution in [2.45, 2.75) is 32.3 Å². The first-order valence-electron chi connectivity index (χ1n) is 9.26. The van der Waals surface area contributed by atoms with Gasteiger partial charge in [-0.2, -0.15) is 0 Å². The van der Waals surface area contributed by atoms with Gasteiger partial charge in [-0.15, -0.1) is 10.2 Å². The van der Waals surface area contributed by atoms with Crippen molar-refractivity contribution in [1.29, 1.82) is 0 Å². The number of anilines is 1. The molecule has 0 bridgehead atoms. The second-order valence-electron chi connectivity index (χ2n) is 6.89. The molecule has 1 heterocycles. The van der Waals surface area contributed by atoms with Gasteiger partial charge in [-0.1, -0.05) is 53.3 Å². The van der Waals surface area contributed by atoms with Crippen LogP contribution in [0.25, 0.3) is 6.08 Å². The van der Waals surface area contributed by atoms with E-state index in [1.54, 1.807) is 6.08 Å². The standard InChI is InChI=1S/C22H21N3O2S/c1-15-2-4-17(5-3-15)14-27-19-11-6-16(7-12-19)8-13-20(26)23-22-25-24-21(28-22)18-9-10-18/h2-8,11-13,18H,9-10,14H2,1H3,(H,23,25,26)/b13-8+. The first kappa shape index (κ1) is 18.4. The van der Waals surface area contributed by atoms with Crippen LogP contribution in [0.2, 0.25) is 0 Å². The molecule has 1 fully saturated rings. The summed E-state index contributed by atoms with van der Waals surface area (Å²) in [5, 5.41) is 12.5. The van der Waals surface area contributed by atoms with Crippen molar-refractivity contribution in [3.05, 3.63) is 76.3 Å². The Morgan fingerprint density at radius 2 is 1.89 bits per heavy atom. The highest BCUT2D eigenvalue weighted by Crippen LogP contribution is 2.42. The van der Waals surface area contributed by atoms with Gasteiger partial charge in [-0.3, -0.25) is 10.1 Å². The highest BCUT2D eigenvalue weighted by atomic mass is 32.1. The highest BCUT2D eigenvalue weighted by molar-refractivity contribution is 7.15. The first-order chi connectivity index (χ1) is 13.7. The molecule has 5 nitrogen and oxygen atoms in total. The van der Waals surface area contributed by atoms with Crippen LogP contribution < -0.4 is 10.1 Å². The summed E-state index contributed by atoms with van der Waals surface area (Å²) in [7, 11) is 0. The Hall–Kier alpha value is -2.99. The highest BCUT2D eigenvalue weighted by Gasteiger charge is 2.27. The number of nitrogens with zero attached hydrogens (tertiary/aromatic N) is 2. The van der Waals surface area contributed by atoms with Crippen molar-refractivity contribution in [2.75, 3.05) is 5.32 Å². The Labute approximate surface area is 168 Å². The lowest BCUT2D eigenvalue weighted by atomic mass is 10.1. The summed E-state index contributed by atoms with van der Waals surface area (Å²) in [4.78, 5) is 12.0. The number of aryl methyl sites for hydroxylation is 1. The molecular weight excluding hydrogens is 370 g/mol. The van der Waals surface area contributed by atoms with Crippen LogP contribution in [0.3, 0.4) is 0 Å². The maximum Gasteiger partial charge on any atom is 0.250 e. The molecule has 0 radical (unpaired) electrons. The molecule has 0 unspecified atom stereocenters. The summed E-state index contributed by atoms with van der Waals surface area (Å²) in [5.74, 6) is 1.13. The summed E-state index contributed by atoms with van der Waals surface area (Å²) in [6.07, 6.45) is 5.61. The molecule has 3 aromatic rings. The number of rotatable bonds is 7. The van der Waals surface area contributed by atoms with Gasteiger partial charge in [-0.05, 0) is 49.1 Å². The Morgan fingerprint density at radius 1 is 1.14 bits per heavy atom. The number of carbonyl (C=O) groups is 1. The van der Waals surface area contributed by atoms with Crippen LogP contribution in [-0.2, 0) is 11.4 Å². The molecule has 1 aromatic heterocycles. The monoisotopic (exact) mass is 391 g/mol. The topological polar surface area (TPSA) is 64.1 Å². The average Bonchev–Trinajstić information content (AvgIpc) is 3.46. The summed E-state index contributed by atoms with van der Waals surface area (Å²) < 4.78 is 5.80. The van der Waals surface area contributed by atoms with E-state index in [1.807, 2.05) is 24.3 Å². The maximum absolute atomic E-state index is 12.0. The zero-order chi connectivity index (χ0) is 19.3. The Kier molecular flexibility index (Phi) is 5.48. The number of ether oxygens (including phenoxy) is 1. The fourth-order valence-electron chi connectivity index (χ4n) is 2.63. The molecule has 4 rings (SSSR count). The van der Waals surface area contributed by atoms with E-state index in [-0.39, 0.29) is 5.91 Å². The second kappa shape index (κ2) is 8.35. The molecule has 0 aliphatic heterocycles. The average molecular weight is 391 g/mol. The molecule has 1 N–H and O–H groups in total. The van der Waals surface area contributed by atoms with E-state index in [0.717, 1.165) is 21.9 Å². The lowest BCUT2D eigenvalue weighted by Crippen LogP contribution is -2.07. The van der Waals surface area contributed by atoms with Gasteiger partial charge in [0.15, 0.2) is 0 Å². The number of aromatic nitrogens is 2. The Morgan fingerprint density at radius 3 is 2.61 bits per heavy atom. The Balaban J connectivity index is 1.27. The van der Waals surface area contributed by atoms with Crippen molar-refractivity contribution in [1.82, 2.24) is 10.2 Å². The molecule has 1 aliphatic rings. The number of hydrogen-bond donors (Lipinski definition) is 1. The summed E-state index contributed by atoms with van der Waals surface area (Å²) in [6.45, 7) is 2.60. The van der Waals surface area contributed by atoms with Gasteiger partial charge in [0.2, 0.25) is 11.0 Å². The third kappa shape index (κ3) is 5.04. The van der Waals surface area contributed by atoms with Crippen LogP contribution in [0, 0.1) is 6.92 Å². The van der Waals surface area contributed by atoms with E-state index in [9.17, 15) is 4.79 Å². The molecule has 6 heteroatoms. The van der Waals surface area contributed by atoms with Crippen LogP contribution in [0.4, 0.5) is 5.13 Å². The summed E-state index contributed by atoms with van der Waals surface area (Å²) in [6, 6.07) is 15.9. The minimum absolute atomic E-state index is 0.210.